The summed E-state index contributed by atoms with van der Waals surface area (Å²) in [6.07, 6.45) is 5.01. The van der Waals surface area contributed by atoms with Crippen molar-refractivity contribution in [3.05, 3.63) is 0 Å². The molecular formula is C15H28N2O2. The summed E-state index contributed by atoms with van der Waals surface area (Å²) >= 11 is 0. The SMILES string of the molecule is CCOC(=O)C1(N)CCC(N2CCC(C)(C)CC2)C1. The van der Waals surface area contributed by atoms with Gasteiger partial charge in [-0.1, -0.05) is 13.8 Å². The quantitative estimate of drug-likeness (QED) is 0.795. The number of nitrogens with two attached hydrogens (primary N) is 1. The standard InChI is InChI=1S/C15H28N2O2/c1-4-19-13(18)15(16)6-5-12(11-15)17-9-7-14(2,3)8-10-17/h12H,4-11,16H2,1-3H3. The lowest BCUT2D eigenvalue weighted by Gasteiger charge is -2.40. The second kappa shape index (κ2) is 5.41. The summed E-state index contributed by atoms with van der Waals surface area (Å²) in [5.41, 5.74) is 5.96. The van der Waals surface area contributed by atoms with E-state index in [1.54, 1.807) is 0 Å². The number of esters is 1. The molecule has 2 fully saturated rings. The number of nitrogens with zero attached hydrogens (tertiary/aromatic N) is 1. The third kappa shape index (κ3) is 3.29. The molecule has 4 nitrogen and oxygen atoms in total. The molecule has 0 bridgehead atoms. The van der Waals surface area contributed by atoms with Crippen LogP contribution in [0.2, 0.25) is 0 Å². The molecule has 19 heavy (non-hydrogen) atoms. The molecule has 0 radical (unpaired) electrons. The van der Waals surface area contributed by atoms with E-state index in [9.17, 15) is 4.79 Å². The lowest BCUT2D eigenvalue weighted by atomic mass is 9.82. The molecule has 0 aromatic heterocycles. The third-order valence-corrected chi connectivity index (χ3v) is 4.87. The highest BCUT2D eigenvalue weighted by Crippen LogP contribution is 2.37. The van der Waals surface area contributed by atoms with Gasteiger partial charge >= 0.3 is 5.97 Å². The van der Waals surface area contributed by atoms with Crippen LogP contribution in [-0.2, 0) is 9.53 Å². The molecule has 0 aromatic carbocycles. The maximum absolute atomic E-state index is 11.9. The first-order valence-electron chi connectivity index (χ1n) is 7.56. The number of rotatable bonds is 3. The molecule has 4 heteroatoms. The molecule has 1 saturated heterocycles. The topological polar surface area (TPSA) is 55.6 Å². The molecule has 1 heterocycles. The molecule has 2 aliphatic rings. The van der Waals surface area contributed by atoms with E-state index in [1.165, 1.54) is 12.8 Å². The molecule has 2 atom stereocenters. The van der Waals surface area contributed by atoms with Crippen molar-refractivity contribution in [1.82, 2.24) is 4.90 Å². The van der Waals surface area contributed by atoms with Gasteiger partial charge in [-0.05, 0) is 57.5 Å². The normalized spacial score (nSPS) is 35.3. The van der Waals surface area contributed by atoms with E-state index in [-0.39, 0.29) is 5.97 Å². The molecule has 1 aliphatic heterocycles. The van der Waals surface area contributed by atoms with E-state index in [0.717, 1.165) is 32.4 Å². The Hall–Kier alpha value is -0.610. The van der Waals surface area contributed by atoms with Gasteiger partial charge in [-0.25, -0.2) is 0 Å². The second-order valence-corrected chi connectivity index (χ2v) is 6.97. The van der Waals surface area contributed by atoms with Crippen molar-refractivity contribution in [1.29, 1.82) is 0 Å². The third-order valence-electron chi connectivity index (χ3n) is 4.87. The fraction of sp³-hybridized carbons (Fsp3) is 0.933. The lowest BCUT2D eigenvalue weighted by Crippen LogP contribution is -2.49. The monoisotopic (exact) mass is 268 g/mol. The lowest BCUT2D eigenvalue weighted by molar-refractivity contribution is -0.149. The van der Waals surface area contributed by atoms with Crippen molar-refractivity contribution >= 4 is 5.97 Å². The smallest absolute Gasteiger partial charge is 0.326 e. The van der Waals surface area contributed by atoms with Crippen LogP contribution in [0.3, 0.4) is 0 Å². The minimum atomic E-state index is -0.742. The van der Waals surface area contributed by atoms with Gasteiger partial charge in [0.2, 0.25) is 0 Å². The van der Waals surface area contributed by atoms with E-state index in [0.29, 0.717) is 18.1 Å². The molecule has 1 saturated carbocycles. The number of piperidine rings is 1. The maximum atomic E-state index is 11.9. The van der Waals surface area contributed by atoms with Crippen molar-refractivity contribution in [2.24, 2.45) is 11.1 Å². The predicted octanol–water partition coefficient (Wildman–Crippen LogP) is 1.92. The molecule has 2 unspecified atom stereocenters. The highest BCUT2D eigenvalue weighted by atomic mass is 16.5. The molecule has 0 spiro atoms. The predicted molar refractivity (Wildman–Crippen MR) is 75.8 cm³/mol. The number of hydrogen-bond donors (Lipinski definition) is 1. The van der Waals surface area contributed by atoms with Crippen LogP contribution in [0.25, 0.3) is 0 Å². The minimum absolute atomic E-state index is 0.213. The van der Waals surface area contributed by atoms with Crippen LogP contribution in [0.5, 0.6) is 0 Å². The zero-order chi connectivity index (χ0) is 14.1. The first-order valence-corrected chi connectivity index (χ1v) is 7.56. The van der Waals surface area contributed by atoms with Crippen molar-refractivity contribution < 1.29 is 9.53 Å². The Labute approximate surface area is 116 Å². The van der Waals surface area contributed by atoms with Gasteiger partial charge in [-0.2, -0.15) is 0 Å². The molecule has 2 rings (SSSR count). The minimum Gasteiger partial charge on any atom is -0.465 e. The second-order valence-electron chi connectivity index (χ2n) is 6.97. The van der Waals surface area contributed by atoms with Gasteiger partial charge in [0.15, 0.2) is 0 Å². The van der Waals surface area contributed by atoms with Crippen molar-refractivity contribution in [3.8, 4) is 0 Å². The summed E-state index contributed by atoms with van der Waals surface area (Å²) in [6.45, 7) is 9.20. The number of carbonyl (C=O) groups excluding carboxylic acids is 1. The summed E-state index contributed by atoms with van der Waals surface area (Å²) in [5.74, 6) is -0.213. The van der Waals surface area contributed by atoms with E-state index in [2.05, 4.69) is 18.7 Å². The van der Waals surface area contributed by atoms with Crippen molar-refractivity contribution in [2.75, 3.05) is 19.7 Å². The molecule has 0 amide bonds. The molecule has 110 valence electrons. The molecule has 1 aliphatic carbocycles. The van der Waals surface area contributed by atoms with Gasteiger partial charge in [-0.15, -0.1) is 0 Å². The van der Waals surface area contributed by atoms with Crippen molar-refractivity contribution in [2.45, 2.75) is 64.5 Å². The van der Waals surface area contributed by atoms with Gasteiger partial charge in [0.1, 0.15) is 5.54 Å². The average Bonchev–Trinajstić information content (AvgIpc) is 2.74. The Bertz CT molecular complexity index is 333. The Morgan fingerprint density at radius 1 is 1.32 bits per heavy atom. The highest BCUT2D eigenvalue weighted by molar-refractivity contribution is 5.81. The van der Waals surface area contributed by atoms with Crippen LogP contribution >= 0.6 is 0 Å². The van der Waals surface area contributed by atoms with E-state index in [1.807, 2.05) is 6.92 Å². The zero-order valence-electron chi connectivity index (χ0n) is 12.6. The Kier molecular flexibility index (Phi) is 4.21. The first-order chi connectivity index (χ1) is 8.86. The Morgan fingerprint density at radius 3 is 2.53 bits per heavy atom. The summed E-state index contributed by atoms with van der Waals surface area (Å²) < 4.78 is 5.12. The van der Waals surface area contributed by atoms with Crippen LogP contribution in [-0.4, -0.2) is 42.1 Å². The summed E-state index contributed by atoms with van der Waals surface area (Å²) in [6, 6.07) is 0.463. The fourth-order valence-electron chi connectivity index (χ4n) is 3.32. The van der Waals surface area contributed by atoms with Crippen LogP contribution in [0.15, 0.2) is 0 Å². The number of carbonyl (C=O) groups is 1. The zero-order valence-corrected chi connectivity index (χ0v) is 12.6. The number of hydrogen-bond acceptors (Lipinski definition) is 4. The molecule has 0 aromatic rings. The largest absolute Gasteiger partial charge is 0.465 e. The van der Waals surface area contributed by atoms with Crippen LogP contribution in [0.1, 0.15) is 52.9 Å². The summed E-state index contributed by atoms with van der Waals surface area (Å²) in [4.78, 5) is 14.5. The van der Waals surface area contributed by atoms with Crippen molar-refractivity contribution in [3.63, 3.8) is 0 Å². The maximum Gasteiger partial charge on any atom is 0.326 e. The Balaban J connectivity index is 1.90. The van der Waals surface area contributed by atoms with E-state index >= 15 is 0 Å². The summed E-state index contributed by atoms with van der Waals surface area (Å²) in [5, 5.41) is 0. The van der Waals surface area contributed by atoms with Gasteiger partial charge in [-0.3, -0.25) is 4.79 Å². The van der Waals surface area contributed by atoms with E-state index in [4.69, 9.17) is 10.5 Å². The van der Waals surface area contributed by atoms with Gasteiger partial charge in [0, 0.05) is 6.04 Å². The van der Waals surface area contributed by atoms with Crippen LogP contribution in [0.4, 0.5) is 0 Å². The number of likely N-dealkylation sites (tertiary alicyclic amines) is 1. The average molecular weight is 268 g/mol. The fourth-order valence-corrected chi connectivity index (χ4v) is 3.32. The van der Waals surface area contributed by atoms with E-state index < -0.39 is 5.54 Å². The number of ether oxygens (including phenoxy) is 1. The van der Waals surface area contributed by atoms with Gasteiger partial charge < -0.3 is 15.4 Å². The summed E-state index contributed by atoms with van der Waals surface area (Å²) in [7, 11) is 0. The first kappa shape index (κ1) is 14.8. The van der Waals surface area contributed by atoms with Gasteiger partial charge in [0.25, 0.3) is 0 Å². The molecule has 2 N–H and O–H groups in total. The highest BCUT2D eigenvalue weighted by Gasteiger charge is 2.45. The van der Waals surface area contributed by atoms with Gasteiger partial charge in [0.05, 0.1) is 6.61 Å². The Morgan fingerprint density at radius 2 is 1.95 bits per heavy atom. The van der Waals surface area contributed by atoms with Crippen LogP contribution < -0.4 is 5.73 Å². The van der Waals surface area contributed by atoms with Crippen LogP contribution in [0, 0.1) is 5.41 Å². The molecular weight excluding hydrogens is 240 g/mol.